The predicted molar refractivity (Wildman–Crippen MR) is 140 cm³/mol. The first-order valence-corrected chi connectivity index (χ1v) is 12.5. The first-order chi connectivity index (χ1) is 17.8. The predicted octanol–water partition coefficient (Wildman–Crippen LogP) is 3.07. The molecule has 0 aromatic carbocycles. The monoisotopic (exact) mass is 501 g/mol. The lowest BCUT2D eigenvalue weighted by molar-refractivity contribution is -0.117. The van der Waals surface area contributed by atoms with Gasteiger partial charge < -0.3 is 10.6 Å². The normalized spacial score (nSPS) is 15.8. The zero-order chi connectivity index (χ0) is 26.1. The van der Waals surface area contributed by atoms with E-state index in [1.54, 1.807) is 28.4 Å². The topological polar surface area (TPSA) is 122 Å². The molecule has 0 radical (unpaired) electrons. The molecule has 11 nitrogen and oxygen atoms in total. The average Bonchev–Trinajstić information content (AvgIpc) is 3.59. The number of anilines is 2. The second-order valence-corrected chi connectivity index (χ2v) is 9.52. The standard InChI is InChI=1S/C26H31N9O2/c1-5-21-20(14-33(4)31-21)18-8-9-23-25(30-32-35(23)13-18)26(37)29-22-11-19(12-27-17(22)3)28-24(36)15-34-10-6-7-16(34)2/h8-9,11-14,16H,5-7,10,15H2,1-4H3,(H,28,36)(H,29,37)/t16-/m0/s1. The van der Waals surface area contributed by atoms with E-state index in [-0.39, 0.29) is 11.6 Å². The number of nitrogens with one attached hydrogen (secondary N) is 2. The molecule has 192 valence electrons. The minimum absolute atomic E-state index is 0.100. The van der Waals surface area contributed by atoms with Crippen molar-refractivity contribution in [1.82, 2.24) is 34.5 Å². The number of likely N-dealkylation sites (tertiary alicyclic amines) is 1. The third-order valence-electron chi connectivity index (χ3n) is 6.84. The SMILES string of the molecule is CCc1nn(C)cc1-c1ccc2c(C(=O)Nc3cc(NC(=O)CN4CCC[C@@H]4C)cnc3C)nnn2c1. The zero-order valence-corrected chi connectivity index (χ0v) is 21.5. The number of aromatic nitrogens is 6. The summed E-state index contributed by atoms with van der Waals surface area (Å²) in [4.78, 5) is 32.2. The molecule has 4 aromatic rings. The van der Waals surface area contributed by atoms with Crippen LogP contribution in [-0.4, -0.2) is 65.4 Å². The van der Waals surface area contributed by atoms with Crippen LogP contribution >= 0.6 is 0 Å². The van der Waals surface area contributed by atoms with Crippen LogP contribution in [0.1, 0.15) is 48.6 Å². The van der Waals surface area contributed by atoms with Crippen LogP contribution in [0.3, 0.4) is 0 Å². The maximum Gasteiger partial charge on any atom is 0.278 e. The molecule has 2 amide bonds. The maximum absolute atomic E-state index is 13.1. The first-order valence-electron chi connectivity index (χ1n) is 12.5. The van der Waals surface area contributed by atoms with E-state index >= 15 is 0 Å². The Balaban J connectivity index is 1.32. The summed E-state index contributed by atoms with van der Waals surface area (Å²) < 4.78 is 3.39. The fraction of sp³-hybridized carbons (Fsp3) is 0.385. The highest BCUT2D eigenvalue weighted by atomic mass is 16.2. The fourth-order valence-electron chi connectivity index (χ4n) is 4.77. The van der Waals surface area contributed by atoms with Gasteiger partial charge in [-0.3, -0.25) is 24.2 Å². The smallest absolute Gasteiger partial charge is 0.278 e. The van der Waals surface area contributed by atoms with Gasteiger partial charge in [0.05, 0.1) is 41.0 Å². The number of pyridine rings is 2. The van der Waals surface area contributed by atoms with E-state index in [0.29, 0.717) is 35.2 Å². The minimum Gasteiger partial charge on any atom is -0.324 e. The van der Waals surface area contributed by atoms with Crippen molar-refractivity contribution in [3.63, 3.8) is 0 Å². The number of carbonyl (C=O) groups is 2. The molecule has 4 aromatic heterocycles. The molecular formula is C26H31N9O2. The van der Waals surface area contributed by atoms with E-state index in [1.165, 1.54) is 0 Å². The Labute approximate surface area is 214 Å². The highest BCUT2D eigenvalue weighted by Gasteiger charge is 2.23. The number of hydrogen-bond acceptors (Lipinski definition) is 7. The lowest BCUT2D eigenvalue weighted by atomic mass is 10.1. The molecule has 5 heterocycles. The van der Waals surface area contributed by atoms with Crippen molar-refractivity contribution in [2.75, 3.05) is 23.7 Å². The van der Waals surface area contributed by atoms with Gasteiger partial charge in [0.25, 0.3) is 5.91 Å². The molecule has 0 aliphatic carbocycles. The average molecular weight is 502 g/mol. The molecule has 0 saturated carbocycles. The number of amides is 2. The highest BCUT2D eigenvalue weighted by molar-refractivity contribution is 6.08. The van der Waals surface area contributed by atoms with Crippen LogP contribution in [0.15, 0.2) is 36.8 Å². The molecule has 1 fully saturated rings. The van der Waals surface area contributed by atoms with E-state index < -0.39 is 5.91 Å². The fourth-order valence-corrected chi connectivity index (χ4v) is 4.77. The highest BCUT2D eigenvalue weighted by Crippen LogP contribution is 2.25. The van der Waals surface area contributed by atoms with E-state index in [9.17, 15) is 9.59 Å². The number of hydrogen-bond donors (Lipinski definition) is 2. The van der Waals surface area contributed by atoms with Crippen molar-refractivity contribution in [2.45, 2.75) is 46.1 Å². The Hall–Kier alpha value is -4.12. The quantitative estimate of drug-likeness (QED) is 0.399. The Morgan fingerprint density at radius 3 is 2.78 bits per heavy atom. The van der Waals surface area contributed by atoms with Gasteiger partial charge in [-0.25, -0.2) is 4.52 Å². The Bertz CT molecular complexity index is 1470. The van der Waals surface area contributed by atoms with Gasteiger partial charge in [-0.1, -0.05) is 18.2 Å². The van der Waals surface area contributed by atoms with E-state index in [0.717, 1.165) is 42.6 Å². The minimum atomic E-state index is -0.405. The van der Waals surface area contributed by atoms with Crippen molar-refractivity contribution >= 4 is 28.7 Å². The maximum atomic E-state index is 13.1. The number of nitrogens with zero attached hydrogens (tertiary/aromatic N) is 7. The van der Waals surface area contributed by atoms with Crippen LogP contribution in [0.5, 0.6) is 0 Å². The Kier molecular flexibility index (Phi) is 6.70. The lowest BCUT2D eigenvalue weighted by Gasteiger charge is -2.20. The van der Waals surface area contributed by atoms with E-state index in [2.05, 4.69) is 49.8 Å². The Morgan fingerprint density at radius 1 is 1.19 bits per heavy atom. The molecule has 11 heteroatoms. The van der Waals surface area contributed by atoms with Crippen LogP contribution in [-0.2, 0) is 18.3 Å². The molecule has 5 rings (SSSR count). The van der Waals surface area contributed by atoms with Crippen LogP contribution in [0.25, 0.3) is 16.6 Å². The number of fused-ring (bicyclic) bond motifs is 1. The second-order valence-electron chi connectivity index (χ2n) is 9.52. The zero-order valence-electron chi connectivity index (χ0n) is 21.5. The van der Waals surface area contributed by atoms with Crippen molar-refractivity contribution < 1.29 is 9.59 Å². The van der Waals surface area contributed by atoms with Gasteiger partial charge in [0, 0.05) is 36.6 Å². The number of rotatable bonds is 7. The second kappa shape index (κ2) is 10.1. The van der Waals surface area contributed by atoms with Gasteiger partial charge in [-0.05, 0) is 51.8 Å². The summed E-state index contributed by atoms with van der Waals surface area (Å²) in [6.07, 6.45) is 8.44. The first kappa shape index (κ1) is 24.6. The van der Waals surface area contributed by atoms with Crippen molar-refractivity contribution in [2.24, 2.45) is 7.05 Å². The van der Waals surface area contributed by atoms with E-state index in [4.69, 9.17) is 0 Å². The molecule has 37 heavy (non-hydrogen) atoms. The molecule has 0 spiro atoms. The van der Waals surface area contributed by atoms with Crippen molar-refractivity contribution in [1.29, 1.82) is 0 Å². The summed E-state index contributed by atoms with van der Waals surface area (Å²) in [7, 11) is 1.89. The molecule has 1 aliphatic rings. The lowest BCUT2D eigenvalue weighted by Crippen LogP contribution is -2.35. The molecule has 0 bridgehead atoms. The molecule has 1 aliphatic heterocycles. The van der Waals surface area contributed by atoms with Gasteiger partial charge in [0.15, 0.2) is 5.69 Å². The van der Waals surface area contributed by atoms with Crippen LogP contribution in [0, 0.1) is 6.92 Å². The number of aryl methyl sites for hydroxylation is 3. The van der Waals surface area contributed by atoms with Crippen molar-refractivity contribution in [3.8, 4) is 11.1 Å². The molecule has 2 N–H and O–H groups in total. The molecular weight excluding hydrogens is 470 g/mol. The summed E-state index contributed by atoms with van der Waals surface area (Å²) in [5, 5.41) is 18.6. The van der Waals surface area contributed by atoms with Gasteiger partial charge in [0.1, 0.15) is 0 Å². The van der Waals surface area contributed by atoms with Crippen molar-refractivity contribution in [3.05, 3.63) is 53.9 Å². The number of carbonyl (C=O) groups excluding carboxylic acids is 2. The molecule has 1 saturated heterocycles. The Morgan fingerprint density at radius 2 is 2.03 bits per heavy atom. The van der Waals surface area contributed by atoms with Gasteiger partial charge in [-0.15, -0.1) is 5.10 Å². The van der Waals surface area contributed by atoms with Crippen LogP contribution < -0.4 is 10.6 Å². The third kappa shape index (κ3) is 5.08. The van der Waals surface area contributed by atoms with Crippen LogP contribution in [0.4, 0.5) is 11.4 Å². The summed E-state index contributed by atoms with van der Waals surface area (Å²) in [5.41, 5.74) is 5.39. The summed E-state index contributed by atoms with van der Waals surface area (Å²) >= 11 is 0. The van der Waals surface area contributed by atoms with Gasteiger partial charge in [-0.2, -0.15) is 5.10 Å². The van der Waals surface area contributed by atoms with Crippen LogP contribution in [0.2, 0.25) is 0 Å². The summed E-state index contributed by atoms with van der Waals surface area (Å²) in [6, 6.07) is 5.89. The summed E-state index contributed by atoms with van der Waals surface area (Å²) in [6.45, 7) is 7.26. The van der Waals surface area contributed by atoms with E-state index in [1.807, 2.05) is 31.6 Å². The molecule has 1 atom stereocenters. The van der Waals surface area contributed by atoms with Gasteiger partial charge in [0.2, 0.25) is 5.91 Å². The van der Waals surface area contributed by atoms with Gasteiger partial charge >= 0.3 is 0 Å². The summed E-state index contributed by atoms with van der Waals surface area (Å²) in [5.74, 6) is -0.505. The third-order valence-corrected chi connectivity index (χ3v) is 6.84. The molecule has 0 unspecified atom stereocenters. The largest absolute Gasteiger partial charge is 0.324 e.